The van der Waals surface area contributed by atoms with E-state index in [1.165, 1.54) is 12.1 Å². The molecule has 2 aromatic carbocycles. The van der Waals surface area contributed by atoms with Crippen LogP contribution in [0, 0.1) is 5.82 Å². The lowest BCUT2D eigenvalue weighted by Crippen LogP contribution is -2.33. The Kier molecular flexibility index (Phi) is 6.06. The summed E-state index contributed by atoms with van der Waals surface area (Å²) in [7, 11) is 0. The molecule has 0 unspecified atom stereocenters. The lowest BCUT2D eigenvalue weighted by Gasteiger charge is -2.29. The van der Waals surface area contributed by atoms with Gasteiger partial charge in [-0.25, -0.2) is 4.39 Å². The Balaban J connectivity index is 1.29. The molecule has 0 bridgehead atoms. The highest BCUT2D eigenvalue weighted by atomic mass is 19.1. The van der Waals surface area contributed by atoms with Crippen LogP contribution in [-0.4, -0.2) is 28.5 Å². The summed E-state index contributed by atoms with van der Waals surface area (Å²) in [6, 6.07) is 11.5. The van der Waals surface area contributed by atoms with Gasteiger partial charge in [0.05, 0.1) is 0 Å². The van der Waals surface area contributed by atoms with Crippen molar-refractivity contribution in [1.29, 1.82) is 0 Å². The van der Waals surface area contributed by atoms with E-state index in [-0.39, 0.29) is 17.6 Å². The van der Waals surface area contributed by atoms with Crippen LogP contribution < -0.4 is 10.2 Å². The van der Waals surface area contributed by atoms with E-state index in [9.17, 15) is 14.0 Å². The van der Waals surface area contributed by atoms with Gasteiger partial charge in [-0.15, -0.1) is 0 Å². The molecular formula is C23H23FN4O3. The summed E-state index contributed by atoms with van der Waals surface area (Å²) in [5.74, 6) is 0.436. The van der Waals surface area contributed by atoms with Gasteiger partial charge in [-0.05, 0) is 67.3 Å². The molecule has 8 heteroatoms. The molecule has 0 aliphatic carbocycles. The number of amides is 2. The molecule has 160 valence electrons. The number of hydrogen-bond donors (Lipinski definition) is 1. The van der Waals surface area contributed by atoms with E-state index in [4.69, 9.17) is 4.52 Å². The molecule has 0 spiro atoms. The van der Waals surface area contributed by atoms with Crippen LogP contribution in [0.15, 0.2) is 47.0 Å². The van der Waals surface area contributed by atoms with Crippen molar-refractivity contribution in [2.24, 2.45) is 0 Å². The van der Waals surface area contributed by atoms with Crippen molar-refractivity contribution >= 4 is 23.2 Å². The van der Waals surface area contributed by atoms with Gasteiger partial charge >= 0.3 is 0 Å². The first-order valence-electron chi connectivity index (χ1n) is 10.3. The van der Waals surface area contributed by atoms with Crippen molar-refractivity contribution in [3.05, 3.63) is 59.7 Å². The number of nitrogens with one attached hydrogen (secondary N) is 1. The zero-order chi connectivity index (χ0) is 21.8. The van der Waals surface area contributed by atoms with Crippen molar-refractivity contribution in [3.8, 4) is 11.4 Å². The van der Waals surface area contributed by atoms with Crippen LogP contribution in [0.1, 0.15) is 37.6 Å². The highest BCUT2D eigenvalue weighted by molar-refractivity contribution is 5.94. The molecule has 0 radical (unpaired) electrons. The molecule has 4 rings (SSSR count). The van der Waals surface area contributed by atoms with Crippen LogP contribution in [0.2, 0.25) is 0 Å². The minimum Gasteiger partial charge on any atom is -0.339 e. The van der Waals surface area contributed by atoms with E-state index in [1.54, 1.807) is 24.0 Å². The van der Waals surface area contributed by atoms with Gasteiger partial charge in [0, 0.05) is 43.2 Å². The molecule has 31 heavy (non-hydrogen) atoms. The lowest BCUT2D eigenvalue weighted by atomic mass is 10.0. The second-order valence-corrected chi connectivity index (χ2v) is 7.54. The Labute approximate surface area is 179 Å². The number of halogens is 1. The van der Waals surface area contributed by atoms with Gasteiger partial charge in [0.15, 0.2) is 0 Å². The maximum atomic E-state index is 13.0. The highest BCUT2D eigenvalue weighted by Crippen LogP contribution is 2.29. The normalized spacial score (nSPS) is 13.0. The molecule has 1 N–H and O–H groups in total. The summed E-state index contributed by atoms with van der Waals surface area (Å²) in [4.78, 5) is 30.2. The molecule has 0 fully saturated rings. The highest BCUT2D eigenvalue weighted by Gasteiger charge is 2.20. The van der Waals surface area contributed by atoms with Crippen molar-refractivity contribution in [1.82, 2.24) is 10.1 Å². The Bertz CT molecular complexity index is 1090. The van der Waals surface area contributed by atoms with Crippen LogP contribution >= 0.6 is 0 Å². The molecule has 1 aliphatic heterocycles. The van der Waals surface area contributed by atoms with Crippen LogP contribution in [-0.2, 0) is 22.4 Å². The number of nitrogens with zero attached hydrogens (tertiary/aromatic N) is 3. The molecule has 0 atom stereocenters. The molecule has 0 saturated heterocycles. The molecule has 0 saturated carbocycles. The van der Waals surface area contributed by atoms with Crippen LogP contribution in [0.4, 0.5) is 15.8 Å². The van der Waals surface area contributed by atoms with E-state index < -0.39 is 0 Å². The number of fused-ring (bicyclic) bond motifs is 1. The molecule has 7 nitrogen and oxygen atoms in total. The van der Waals surface area contributed by atoms with Gasteiger partial charge in [-0.2, -0.15) is 4.98 Å². The summed E-state index contributed by atoms with van der Waals surface area (Å²) < 4.78 is 18.2. The summed E-state index contributed by atoms with van der Waals surface area (Å²) in [5, 5.41) is 6.82. The number of carbonyl (C=O) groups excluding carboxylic acids is 2. The fourth-order valence-corrected chi connectivity index (χ4v) is 3.70. The SMILES string of the molecule is CC(=O)N1CCCc2cc(NC(=O)CCCc3nc(-c4ccc(F)cc4)no3)ccc21. The van der Waals surface area contributed by atoms with E-state index in [0.717, 1.165) is 36.3 Å². The quantitative estimate of drug-likeness (QED) is 0.645. The molecular weight excluding hydrogens is 399 g/mol. The predicted octanol–water partition coefficient (Wildman–Crippen LogP) is 4.14. The maximum absolute atomic E-state index is 13.0. The number of anilines is 2. The minimum atomic E-state index is -0.325. The van der Waals surface area contributed by atoms with Crippen molar-refractivity contribution < 1.29 is 18.5 Å². The van der Waals surface area contributed by atoms with E-state index in [1.807, 2.05) is 18.2 Å². The average molecular weight is 422 g/mol. The van der Waals surface area contributed by atoms with Gasteiger partial charge in [-0.3, -0.25) is 9.59 Å². The number of carbonyl (C=O) groups is 2. The Morgan fingerprint density at radius 2 is 2.00 bits per heavy atom. The van der Waals surface area contributed by atoms with E-state index in [2.05, 4.69) is 15.5 Å². The third-order valence-electron chi connectivity index (χ3n) is 5.23. The summed E-state index contributed by atoms with van der Waals surface area (Å²) >= 11 is 0. The van der Waals surface area contributed by atoms with Crippen molar-refractivity contribution in [2.45, 2.75) is 39.0 Å². The Hall–Kier alpha value is -3.55. The summed E-state index contributed by atoms with van der Waals surface area (Å²) in [5.41, 5.74) is 3.39. The maximum Gasteiger partial charge on any atom is 0.226 e. The minimum absolute atomic E-state index is 0.0290. The number of aromatic nitrogens is 2. The zero-order valence-corrected chi connectivity index (χ0v) is 17.2. The van der Waals surface area contributed by atoms with Gasteiger partial charge in [-0.1, -0.05) is 5.16 Å². The smallest absolute Gasteiger partial charge is 0.226 e. The molecule has 2 heterocycles. The van der Waals surface area contributed by atoms with Gasteiger partial charge in [0.1, 0.15) is 5.82 Å². The number of hydrogen-bond acceptors (Lipinski definition) is 5. The number of rotatable bonds is 6. The molecule has 3 aromatic rings. The first-order chi connectivity index (χ1) is 15.0. The van der Waals surface area contributed by atoms with Crippen molar-refractivity contribution in [2.75, 3.05) is 16.8 Å². The van der Waals surface area contributed by atoms with Gasteiger partial charge in [0.25, 0.3) is 0 Å². The average Bonchev–Trinajstić information content (AvgIpc) is 3.22. The number of benzene rings is 2. The van der Waals surface area contributed by atoms with E-state index in [0.29, 0.717) is 36.5 Å². The fraction of sp³-hybridized carbons (Fsp3) is 0.304. The fourth-order valence-electron chi connectivity index (χ4n) is 3.70. The lowest BCUT2D eigenvalue weighted by molar-refractivity contribution is -0.117. The van der Waals surface area contributed by atoms with Crippen LogP contribution in [0.3, 0.4) is 0 Å². The van der Waals surface area contributed by atoms with Crippen LogP contribution in [0.5, 0.6) is 0 Å². The largest absolute Gasteiger partial charge is 0.339 e. The predicted molar refractivity (Wildman–Crippen MR) is 114 cm³/mol. The van der Waals surface area contributed by atoms with Crippen molar-refractivity contribution in [3.63, 3.8) is 0 Å². The molecule has 1 aromatic heterocycles. The van der Waals surface area contributed by atoms with Gasteiger partial charge in [0.2, 0.25) is 23.5 Å². The first kappa shape index (κ1) is 20.7. The standard InChI is InChI=1S/C23H23FN4O3/c1-15(29)28-13-3-4-17-14-19(11-12-20(17)28)25-21(30)5-2-6-22-26-23(27-31-22)16-7-9-18(24)10-8-16/h7-12,14H,2-6,13H2,1H3,(H,25,30). The van der Waals surface area contributed by atoms with E-state index >= 15 is 0 Å². The van der Waals surface area contributed by atoms with Crippen LogP contribution in [0.25, 0.3) is 11.4 Å². The molecule has 1 aliphatic rings. The monoisotopic (exact) mass is 422 g/mol. The Morgan fingerprint density at radius 3 is 2.77 bits per heavy atom. The number of aryl methyl sites for hydroxylation is 2. The molecule has 2 amide bonds. The third-order valence-corrected chi connectivity index (χ3v) is 5.23. The topological polar surface area (TPSA) is 88.3 Å². The second-order valence-electron chi connectivity index (χ2n) is 7.54. The third kappa shape index (κ3) is 4.96. The first-order valence-corrected chi connectivity index (χ1v) is 10.3. The summed E-state index contributed by atoms with van der Waals surface area (Å²) in [6.07, 6.45) is 3.13. The van der Waals surface area contributed by atoms with Gasteiger partial charge < -0.3 is 14.7 Å². The second kappa shape index (κ2) is 9.07. The summed E-state index contributed by atoms with van der Waals surface area (Å²) in [6.45, 7) is 2.30. The zero-order valence-electron chi connectivity index (χ0n) is 17.2. The Morgan fingerprint density at radius 1 is 1.19 bits per heavy atom.